The van der Waals surface area contributed by atoms with E-state index in [0.717, 1.165) is 42.5 Å². The molecule has 1 N–H and O–H groups in total. The number of cyclic esters (lactones) is 1. The van der Waals surface area contributed by atoms with E-state index >= 15 is 0 Å². The third kappa shape index (κ3) is 4.59. The highest BCUT2D eigenvalue weighted by atomic mass is 16.5. The molecule has 2 aromatic heterocycles. The number of fused-ring (bicyclic) bond motifs is 4. The maximum absolute atomic E-state index is 12.1. The van der Waals surface area contributed by atoms with Gasteiger partial charge in [-0.15, -0.1) is 0 Å². The van der Waals surface area contributed by atoms with Gasteiger partial charge in [-0.2, -0.15) is 5.10 Å². The summed E-state index contributed by atoms with van der Waals surface area (Å²) in [6, 6.07) is 9.58. The first-order valence-corrected chi connectivity index (χ1v) is 11.4. The lowest BCUT2D eigenvalue weighted by atomic mass is 10.1. The largest absolute Gasteiger partial charge is 0.497 e. The quantitative estimate of drug-likeness (QED) is 0.622. The fourth-order valence-corrected chi connectivity index (χ4v) is 4.25. The van der Waals surface area contributed by atoms with E-state index in [2.05, 4.69) is 5.32 Å². The third-order valence-electron chi connectivity index (χ3n) is 5.94. The monoisotopic (exact) mass is 452 g/mol. The molecule has 0 radical (unpaired) electrons. The van der Waals surface area contributed by atoms with E-state index in [9.17, 15) is 4.79 Å². The summed E-state index contributed by atoms with van der Waals surface area (Å²) in [5.74, 6) is 1.35. The number of pyridine rings is 1. The predicted octanol–water partition coefficient (Wildman–Crippen LogP) is 4.20. The van der Waals surface area contributed by atoms with Crippen molar-refractivity contribution in [2.45, 2.75) is 51.5 Å². The Balaban J connectivity index is 1.66. The highest BCUT2D eigenvalue weighted by Crippen LogP contribution is 2.35. The normalized spacial score (nSPS) is 21.5. The molecule has 1 unspecified atom stereocenters. The van der Waals surface area contributed by atoms with E-state index in [1.54, 1.807) is 13.2 Å². The van der Waals surface area contributed by atoms with Crippen LogP contribution >= 0.6 is 0 Å². The fourth-order valence-electron chi connectivity index (χ4n) is 4.25. The maximum atomic E-state index is 12.1. The number of rotatable bonds is 2. The van der Waals surface area contributed by atoms with Crippen molar-refractivity contribution in [1.29, 1.82) is 0 Å². The predicted molar refractivity (Wildman–Crippen MR) is 121 cm³/mol. The Morgan fingerprint density at radius 2 is 2.09 bits per heavy atom. The molecule has 0 aliphatic carbocycles. The molecule has 1 amide bonds. The number of amides is 1. The second-order valence-corrected chi connectivity index (χ2v) is 8.40. The van der Waals surface area contributed by atoms with Crippen LogP contribution in [0.4, 0.5) is 4.79 Å². The van der Waals surface area contributed by atoms with E-state index in [1.807, 2.05) is 35.9 Å². The molecule has 2 atom stereocenters. The first-order valence-electron chi connectivity index (χ1n) is 11.4. The van der Waals surface area contributed by atoms with Crippen molar-refractivity contribution in [2.75, 3.05) is 20.3 Å². The van der Waals surface area contributed by atoms with Gasteiger partial charge in [0.05, 0.1) is 30.1 Å². The van der Waals surface area contributed by atoms with Gasteiger partial charge in [0.1, 0.15) is 23.8 Å². The van der Waals surface area contributed by atoms with Gasteiger partial charge in [-0.1, -0.05) is 0 Å². The molecule has 1 fully saturated rings. The van der Waals surface area contributed by atoms with Gasteiger partial charge in [0.2, 0.25) is 0 Å². The molecule has 9 nitrogen and oxygen atoms in total. The van der Waals surface area contributed by atoms with Crippen LogP contribution in [-0.4, -0.2) is 47.2 Å². The molecule has 33 heavy (non-hydrogen) atoms. The Labute approximate surface area is 192 Å². The van der Waals surface area contributed by atoms with Crippen molar-refractivity contribution in [3.63, 3.8) is 0 Å². The van der Waals surface area contributed by atoms with Gasteiger partial charge in [0.15, 0.2) is 6.23 Å². The van der Waals surface area contributed by atoms with Crippen LogP contribution in [0.25, 0.3) is 22.3 Å². The summed E-state index contributed by atoms with van der Waals surface area (Å²) in [7, 11) is 1.60. The number of carbonyl (C=O) groups is 1. The van der Waals surface area contributed by atoms with E-state index in [-0.39, 0.29) is 18.9 Å². The van der Waals surface area contributed by atoms with Crippen LogP contribution in [0.5, 0.6) is 11.5 Å². The molecule has 2 aliphatic heterocycles. The molecule has 0 spiro atoms. The number of ether oxygens (including phenoxy) is 4. The van der Waals surface area contributed by atoms with Crippen LogP contribution < -0.4 is 14.8 Å². The summed E-state index contributed by atoms with van der Waals surface area (Å²) in [5, 5.41) is 8.62. The van der Waals surface area contributed by atoms with Gasteiger partial charge >= 0.3 is 6.09 Å². The number of hydrogen-bond acceptors (Lipinski definition) is 7. The Hall–Kier alpha value is -3.33. The van der Waals surface area contributed by atoms with E-state index in [1.165, 1.54) is 0 Å². The highest BCUT2D eigenvalue weighted by Gasteiger charge is 2.23. The fraction of sp³-hybridized carbons (Fsp3) is 0.458. The van der Waals surface area contributed by atoms with Crippen molar-refractivity contribution >= 4 is 17.0 Å². The van der Waals surface area contributed by atoms with Crippen molar-refractivity contribution < 1.29 is 23.7 Å². The number of alkyl carbamates (subject to hydrolysis) is 1. The van der Waals surface area contributed by atoms with Crippen molar-refractivity contribution in [2.24, 2.45) is 0 Å². The topological polar surface area (TPSA) is 96.7 Å². The molecular formula is C24H28N4O5. The zero-order valence-corrected chi connectivity index (χ0v) is 18.9. The zero-order chi connectivity index (χ0) is 22.8. The van der Waals surface area contributed by atoms with Crippen LogP contribution in [0.2, 0.25) is 0 Å². The maximum Gasteiger partial charge on any atom is 0.407 e. The zero-order valence-electron chi connectivity index (χ0n) is 18.9. The number of benzene rings is 1. The second kappa shape index (κ2) is 9.27. The number of carbonyl (C=O) groups excluding carboxylic acids is 1. The van der Waals surface area contributed by atoms with Crippen LogP contribution in [0.15, 0.2) is 30.3 Å². The summed E-state index contributed by atoms with van der Waals surface area (Å²) in [5.41, 5.74) is 2.87. The molecule has 3 aromatic rings. The number of aromatic nitrogens is 3. The van der Waals surface area contributed by atoms with Crippen LogP contribution in [-0.2, 0) is 16.1 Å². The SMILES string of the molecule is COc1cc2nc(c1)-c1nn(C3CCCCO3)c3ccc(cc13)O[C@H](C)CCNC(=O)OC2. The average Bonchev–Trinajstić information content (AvgIpc) is 3.21. The summed E-state index contributed by atoms with van der Waals surface area (Å²) >= 11 is 0. The first kappa shape index (κ1) is 21.5. The van der Waals surface area contributed by atoms with Crippen molar-refractivity contribution in [3.05, 3.63) is 36.0 Å². The summed E-state index contributed by atoms with van der Waals surface area (Å²) in [6.45, 7) is 3.17. The lowest BCUT2D eigenvalue weighted by Crippen LogP contribution is -2.28. The standard InChI is InChI=1S/C24H28N4O5/c1-15-8-9-25-24(29)32-14-16-11-18(30-2)13-20(26-16)23-19-12-17(33-15)6-7-21(19)28(27-23)22-5-3-4-10-31-22/h6-7,11-13,15,22H,3-5,8-10,14H2,1-2H3,(H,25,29)/t15-,22?/m1/s1. The number of hydrogen-bond donors (Lipinski definition) is 1. The van der Waals surface area contributed by atoms with Gasteiger partial charge in [0, 0.05) is 37.1 Å². The van der Waals surface area contributed by atoms with Gasteiger partial charge in [-0.25, -0.2) is 14.5 Å². The third-order valence-corrected chi connectivity index (χ3v) is 5.94. The first-order chi connectivity index (χ1) is 16.1. The number of methoxy groups -OCH3 is 1. The van der Waals surface area contributed by atoms with Crippen molar-refractivity contribution in [1.82, 2.24) is 20.1 Å². The van der Waals surface area contributed by atoms with Crippen LogP contribution in [0.3, 0.4) is 0 Å². The molecule has 2 aliphatic rings. The number of nitrogens with one attached hydrogen (secondary N) is 1. The van der Waals surface area contributed by atoms with Gasteiger partial charge in [-0.3, -0.25) is 0 Å². The molecule has 4 heterocycles. The van der Waals surface area contributed by atoms with Gasteiger partial charge in [-0.05, 0) is 44.4 Å². The molecule has 4 bridgehead atoms. The smallest absolute Gasteiger partial charge is 0.407 e. The minimum absolute atomic E-state index is 0.0255. The second-order valence-electron chi connectivity index (χ2n) is 8.40. The Kier molecular flexibility index (Phi) is 6.04. The molecule has 1 aromatic carbocycles. The summed E-state index contributed by atoms with van der Waals surface area (Å²) in [6.07, 6.45) is 3.01. The van der Waals surface area contributed by atoms with E-state index in [0.29, 0.717) is 35.8 Å². The van der Waals surface area contributed by atoms with Crippen LogP contribution in [0.1, 0.15) is 44.5 Å². The Morgan fingerprint density at radius 3 is 2.91 bits per heavy atom. The molecule has 9 heteroatoms. The van der Waals surface area contributed by atoms with Gasteiger partial charge in [0.25, 0.3) is 0 Å². The van der Waals surface area contributed by atoms with Gasteiger partial charge < -0.3 is 24.3 Å². The highest BCUT2D eigenvalue weighted by molar-refractivity contribution is 5.93. The lowest BCUT2D eigenvalue weighted by Gasteiger charge is -2.23. The lowest BCUT2D eigenvalue weighted by molar-refractivity contribution is -0.0365. The van der Waals surface area contributed by atoms with E-state index in [4.69, 9.17) is 29.0 Å². The molecule has 0 saturated carbocycles. The minimum atomic E-state index is -0.495. The molecular weight excluding hydrogens is 424 g/mol. The average molecular weight is 453 g/mol. The van der Waals surface area contributed by atoms with E-state index < -0.39 is 6.09 Å². The molecule has 174 valence electrons. The Morgan fingerprint density at radius 1 is 1.18 bits per heavy atom. The molecule has 1 saturated heterocycles. The van der Waals surface area contributed by atoms with Crippen molar-refractivity contribution in [3.8, 4) is 22.9 Å². The number of nitrogens with zero attached hydrogens (tertiary/aromatic N) is 3. The van der Waals surface area contributed by atoms with Crippen LogP contribution in [0, 0.1) is 0 Å². The summed E-state index contributed by atoms with van der Waals surface area (Å²) < 4.78 is 25.0. The molecule has 5 rings (SSSR count). The Bertz CT molecular complexity index is 1160. The summed E-state index contributed by atoms with van der Waals surface area (Å²) in [4.78, 5) is 16.8. The minimum Gasteiger partial charge on any atom is -0.497 e.